The van der Waals surface area contributed by atoms with Crippen LogP contribution in [0.4, 0.5) is 5.13 Å². The first kappa shape index (κ1) is 12.5. The molecule has 0 fully saturated rings. The molecule has 1 aromatic heterocycles. The van der Waals surface area contributed by atoms with Gasteiger partial charge >= 0.3 is 0 Å². The molecule has 88 valence electrons. The number of hydrogen-bond donors (Lipinski definition) is 0. The van der Waals surface area contributed by atoms with E-state index in [4.69, 9.17) is 12.2 Å². The molecule has 1 heterocycles. The molecule has 2 nitrogen and oxygen atoms in total. The number of thioether (sulfide) groups is 1. The smallest absolute Gasteiger partial charge is 0.191 e. The van der Waals surface area contributed by atoms with E-state index in [1.54, 1.807) is 23.1 Å². The van der Waals surface area contributed by atoms with Crippen LogP contribution < -0.4 is 4.90 Å². The molecule has 0 aliphatic carbocycles. The first-order valence-corrected chi connectivity index (χ1v) is 7.56. The number of rotatable bonds is 2. The minimum Gasteiger partial charge on any atom is -0.306 e. The molecule has 0 radical (unpaired) electrons. The van der Waals surface area contributed by atoms with E-state index in [-0.39, 0.29) is 0 Å². The summed E-state index contributed by atoms with van der Waals surface area (Å²) in [6, 6.07) is 10.2. The molecule has 0 saturated carbocycles. The molecular weight excluding hydrogens is 268 g/mol. The van der Waals surface area contributed by atoms with Crippen LogP contribution in [-0.2, 0) is 0 Å². The lowest BCUT2D eigenvalue weighted by molar-refractivity contribution is 1.25. The number of hydrogen-bond acceptors (Lipinski definition) is 4. The summed E-state index contributed by atoms with van der Waals surface area (Å²) in [5, 5.41) is 2.99. The Bertz CT molecular complexity index is 507. The molecule has 0 bridgehead atoms. The van der Waals surface area contributed by atoms with Gasteiger partial charge in [0.15, 0.2) is 5.13 Å². The van der Waals surface area contributed by atoms with E-state index in [1.807, 2.05) is 36.4 Å². The van der Waals surface area contributed by atoms with Gasteiger partial charge in [0.05, 0.1) is 5.69 Å². The Kier molecular flexibility index (Phi) is 4.15. The molecule has 0 atom stereocenters. The molecule has 17 heavy (non-hydrogen) atoms. The molecule has 5 heteroatoms. The predicted octanol–water partition coefficient (Wildman–Crippen LogP) is 3.89. The lowest BCUT2D eigenvalue weighted by Crippen LogP contribution is -2.20. The van der Waals surface area contributed by atoms with Crippen molar-refractivity contribution >= 4 is 44.8 Å². The third-order valence-corrected chi connectivity index (χ3v) is 4.61. The highest BCUT2D eigenvalue weighted by Gasteiger charge is 2.11. The van der Waals surface area contributed by atoms with Gasteiger partial charge in [-0.2, -0.15) is 0 Å². The minimum atomic E-state index is 0.832. The largest absolute Gasteiger partial charge is 0.306 e. The summed E-state index contributed by atoms with van der Waals surface area (Å²) in [5.41, 5.74) is 2.14. The molecule has 0 unspecified atom stereocenters. The predicted molar refractivity (Wildman–Crippen MR) is 82.1 cm³/mol. The summed E-state index contributed by atoms with van der Waals surface area (Å²) in [5.74, 6) is 0. The zero-order valence-corrected chi connectivity index (χ0v) is 12.0. The van der Waals surface area contributed by atoms with Crippen molar-refractivity contribution in [1.29, 1.82) is 0 Å². The van der Waals surface area contributed by atoms with Crippen molar-refractivity contribution in [3.05, 3.63) is 35.7 Å². The fourth-order valence-electron chi connectivity index (χ4n) is 1.37. The number of benzene rings is 1. The van der Waals surface area contributed by atoms with Crippen molar-refractivity contribution in [1.82, 2.24) is 4.98 Å². The minimum absolute atomic E-state index is 0.832. The Morgan fingerprint density at radius 2 is 2.06 bits per heavy atom. The number of nitrogens with zero attached hydrogens (tertiary/aromatic N) is 2. The Labute approximate surface area is 115 Å². The van der Waals surface area contributed by atoms with Gasteiger partial charge in [-0.25, -0.2) is 4.98 Å². The summed E-state index contributed by atoms with van der Waals surface area (Å²) in [6.07, 6.45) is 1.98. The van der Waals surface area contributed by atoms with Crippen molar-refractivity contribution in [3.63, 3.8) is 0 Å². The maximum atomic E-state index is 5.24. The number of thiocarbonyl (C=S) groups is 1. The topological polar surface area (TPSA) is 16.1 Å². The molecule has 0 N–H and O–H groups in total. The molecule has 2 aromatic rings. The second-order valence-electron chi connectivity index (χ2n) is 3.41. The highest BCUT2D eigenvalue weighted by molar-refractivity contribution is 8.22. The van der Waals surface area contributed by atoms with Gasteiger partial charge in [-0.15, -0.1) is 11.3 Å². The number of aromatic nitrogens is 1. The molecule has 0 spiro atoms. The summed E-state index contributed by atoms with van der Waals surface area (Å²) in [7, 11) is 1.95. The number of thiazole rings is 1. The second kappa shape index (κ2) is 5.62. The lowest BCUT2D eigenvalue weighted by atomic mass is 10.2. The van der Waals surface area contributed by atoms with Gasteiger partial charge in [0.2, 0.25) is 0 Å². The second-order valence-corrected chi connectivity index (χ2v) is 5.69. The van der Waals surface area contributed by atoms with Crippen molar-refractivity contribution < 1.29 is 0 Å². The fourth-order valence-corrected chi connectivity index (χ4v) is 2.74. The van der Waals surface area contributed by atoms with E-state index in [1.165, 1.54) is 0 Å². The molecule has 0 aliphatic heterocycles. The molecule has 0 saturated heterocycles. The molecule has 2 rings (SSSR count). The normalized spacial score (nSPS) is 10.2. The van der Waals surface area contributed by atoms with Crippen LogP contribution in [0, 0.1) is 0 Å². The van der Waals surface area contributed by atoms with E-state index >= 15 is 0 Å². The number of anilines is 1. The summed E-state index contributed by atoms with van der Waals surface area (Å²) in [4.78, 5) is 6.53. The monoisotopic (exact) mass is 280 g/mol. The van der Waals surface area contributed by atoms with Crippen LogP contribution in [0.15, 0.2) is 35.7 Å². The lowest BCUT2D eigenvalue weighted by Gasteiger charge is -2.14. The highest BCUT2D eigenvalue weighted by atomic mass is 32.2. The molecule has 1 aromatic carbocycles. The summed E-state index contributed by atoms with van der Waals surface area (Å²) >= 11 is 8.41. The van der Waals surface area contributed by atoms with Gasteiger partial charge in [0.25, 0.3) is 0 Å². The van der Waals surface area contributed by atoms with E-state index in [2.05, 4.69) is 22.5 Å². The summed E-state index contributed by atoms with van der Waals surface area (Å²) < 4.78 is 0.832. The van der Waals surface area contributed by atoms with Gasteiger partial charge < -0.3 is 4.90 Å². The van der Waals surface area contributed by atoms with Crippen molar-refractivity contribution in [2.45, 2.75) is 0 Å². The molecule has 0 amide bonds. The average Bonchev–Trinajstić information content (AvgIpc) is 2.87. The third kappa shape index (κ3) is 2.86. The molecular formula is C12H12N2S3. The first-order chi connectivity index (χ1) is 8.22. The highest BCUT2D eigenvalue weighted by Crippen LogP contribution is 2.27. The first-order valence-electron chi connectivity index (χ1n) is 5.05. The van der Waals surface area contributed by atoms with Gasteiger partial charge in [0.1, 0.15) is 4.32 Å². The van der Waals surface area contributed by atoms with Crippen molar-refractivity contribution in [2.24, 2.45) is 0 Å². The fraction of sp³-hybridized carbons (Fsp3) is 0.167. The third-order valence-electron chi connectivity index (χ3n) is 2.30. The maximum absolute atomic E-state index is 5.24. The van der Waals surface area contributed by atoms with Gasteiger partial charge in [-0.05, 0) is 6.26 Å². The zero-order valence-electron chi connectivity index (χ0n) is 9.58. The van der Waals surface area contributed by atoms with Crippen molar-refractivity contribution in [2.75, 3.05) is 18.2 Å². The van der Waals surface area contributed by atoms with Crippen LogP contribution in [0.5, 0.6) is 0 Å². The Morgan fingerprint density at radius 1 is 1.35 bits per heavy atom. The van der Waals surface area contributed by atoms with E-state index in [0.717, 1.165) is 20.7 Å². The molecule has 0 aliphatic rings. The van der Waals surface area contributed by atoms with Gasteiger partial charge in [-0.1, -0.05) is 54.3 Å². The average molecular weight is 280 g/mol. The van der Waals surface area contributed by atoms with Crippen LogP contribution in [0.2, 0.25) is 0 Å². The van der Waals surface area contributed by atoms with Crippen LogP contribution >= 0.6 is 35.3 Å². The summed E-state index contributed by atoms with van der Waals surface area (Å²) in [6.45, 7) is 0. The quantitative estimate of drug-likeness (QED) is 0.775. The van der Waals surface area contributed by atoms with E-state index in [9.17, 15) is 0 Å². The zero-order chi connectivity index (χ0) is 12.3. The Hall–Kier alpha value is -0.910. The van der Waals surface area contributed by atoms with Crippen LogP contribution in [0.1, 0.15) is 0 Å². The van der Waals surface area contributed by atoms with Crippen LogP contribution in [-0.4, -0.2) is 22.6 Å². The van der Waals surface area contributed by atoms with Crippen molar-refractivity contribution in [3.8, 4) is 11.3 Å². The van der Waals surface area contributed by atoms with Gasteiger partial charge in [-0.3, -0.25) is 0 Å². The Balaban J connectivity index is 2.25. The van der Waals surface area contributed by atoms with Gasteiger partial charge in [0, 0.05) is 18.0 Å². The van der Waals surface area contributed by atoms with E-state index in [0.29, 0.717) is 0 Å². The SMILES string of the molecule is CSC(=S)N(C)c1nc(-c2ccccc2)cs1. The maximum Gasteiger partial charge on any atom is 0.191 e. The van der Waals surface area contributed by atoms with Crippen LogP contribution in [0.25, 0.3) is 11.3 Å². The Morgan fingerprint density at radius 3 is 2.71 bits per heavy atom. The standard InChI is InChI=1S/C12H12N2S3/c1-14(12(15)16-2)11-13-10(8-17-11)9-6-4-3-5-7-9/h3-8H,1-2H3. The van der Waals surface area contributed by atoms with Crippen LogP contribution in [0.3, 0.4) is 0 Å². The van der Waals surface area contributed by atoms with E-state index < -0.39 is 0 Å².